The van der Waals surface area contributed by atoms with Gasteiger partial charge in [-0.15, -0.1) is 0 Å². The van der Waals surface area contributed by atoms with Gasteiger partial charge in [0.05, 0.1) is 0 Å². The summed E-state index contributed by atoms with van der Waals surface area (Å²) in [6.45, 7) is 4.12. The number of aryl methyl sites for hydroxylation is 1. The van der Waals surface area contributed by atoms with Gasteiger partial charge in [0.2, 0.25) is 0 Å². The fraction of sp³-hybridized carbons (Fsp3) is 0.231. The van der Waals surface area contributed by atoms with E-state index in [2.05, 4.69) is 42.6 Å². The summed E-state index contributed by atoms with van der Waals surface area (Å²) in [6.07, 6.45) is 6.15. The molecule has 0 saturated heterocycles. The van der Waals surface area contributed by atoms with E-state index >= 15 is 0 Å². The smallest absolute Gasteiger partial charge is 0.00411 e. The highest BCUT2D eigenvalue weighted by Crippen LogP contribution is 2.15. The Kier molecular flexibility index (Phi) is 3.99. The van der Waals surface area contributed by atoms with Crippen molar-refractivity contribution in [3.8, 4) is 0 Å². The Hall–Kier alpha value is -1.50. The van der Waals surface area contributed by atoms with E-state index in [1.54, 1.807) is 0 Å². The average molecular weight is 187 g/mol. The van der Waals surface area contributed by atoms with Gasteiger partial charge in [-0.1, -0.05) is 42.0 Å². The molecule has 0 aliphatic carbocycles. The Morgan fingerprint density at radius 1 is 1.21 bits per heavy atom. The van der Waals surface area contributed by atoms with E-state index in [1.165, 1.54) is 16.7 Å². The van der Waals surface area contributed by atoms with Crippen molar-refractivity contribution >= 4 is 5.57 Å². The first-order valence-electron chi connectivity index (χ1n) is 4.85. The van der Waals surface area contributed by atoms with Crippen LogP contribution in [-0.2, 0) is 0 Å². The maximum atomic E-state index is 3.05. The van der Waals surface area contributed by atoms with Crippen LogP contribution < -0.4 is 5.32 Å². The van der Waals surface area contributed by atoms with E-state index in [-0.39, 0.29) is 0 Å². The third-order valence-electron chi connectivity index (χ3n) is 2.03. The van der Waals surface area contributed by atoms with Crippen LogP contribution in [0.3, 0.4) is 0 Å². The van der Waals surface area contributed by atoms with Crippen molar-refractivity contribution in [3.63, 3.8) is 0 Å². The van der Waals surface area contributed by atoms with Gasteiger partial charge >= 0.3 is 0 Å². The standard InChI is InChI=1S/C13H17N/c1-4-5-13(10-14-3)12-8-6-11(2)7-9-12/h4-10,14H,1-3H3/b5-4-,13-10+. The van der Waals surface area contributed by atoms with E-state index < -0.39 is 0 Å². The van der Waals surface area contributed by atoms with Crippen LogP contribution in [0, 0.1) is 6.92 Å². The summed E-state index contributed by atoms with van der Waals surface area (Å²) < 4.78 is 0. The van der Waals surface area contributed by atoms with E-state index in [0.717, 1.165) is 0 Å². The molecule has 1 nitrogen and oxygen atoms in total. The lowest BCUT2D eigenvalue weighted by Gasteiger charge is -2.03. The van der Waals surface area contributed by atoms with Gasteiger partial charge in [-0.05, 0) is 25.0 Å². The largest absolute Gasteiger partial charge is 0.393 e. The quantitative estimate of drug-likeness (QED) is 0.717. The lowest BCUT2D eigenvalue weighted by atomic mass is 10.0. The zero-order valence-electron chi connectivity index (χ0n) is 9.04. The Bertz CT molecular complexity index is 331. The minimum Gasteiger partial charge on any atom is -0.393 e. The van der Waals surface area contributed by atoms with E-state index in [1.807, 2.05) is 26.2 Å². The zero-order chi connectivity index (χ0) is 10.4. The van der Waals surface area contributed by atoms with Crippen LogP contribution in [-0.4, -0.2) is 7.05 Å². The fourth-order valence-electron chi connectivity index (χ4n) is 1.31. The Labute approximate surface area is 86.2 Å². The maximum absolute atomic E-state index is 3.05. The van der Waals surface area contributed by atoms with E-state index in [9.17, 15) is 0 Å². The highest BCUT2D eigenvalue weighted by atomic mass is 14.8. The Morgan fingerprint density at radius 3 is 2.36 bits per heavy atom. The van der Waals surface area contributed by atoms with Crippen molar-refractivity contribution in [1.82, 2.24) is 5.32 Å². The number of benzene rings is 1. The Morgan fingerprint density at radius 2 is 1.86 bits per heavy atom. The van der Waals surface area contributed by atoms with Crippen LogP contribution in [0.25, 0.3) is 5.57 Å². The first-order valence-corrected chi connectivity index (χ1v) is 4.85. The highest BCUT2D eigenvalue weighted by molar-refractivity contribution is 5.73. The van der Waals surface area contributed by atoms with Crippen LogP contribution in [0.1, 0.15) is 18.1 Å². The van der Waals surface area contributed by atoms with Crippen LogP contribution in [0.2, 0.25) is 0 Å². The molecule has 0 atom stereocenters. The minimum absolute atomic E-state index is 1.20. The van der Waals surface area contributed by atoms with Gasteiger partial charge < -0.3 is 5.32 Å². The minimum atomic E-state index is 1.20. The lowest BCUT2D eigenvalue weighted by molar-refractivity contribution is 1.11. The third kappa shape index (κ3) is 2.77. The monoisotopic (exact) mass is 187 g/mol. The van der Waals surface area contributed by atoms with Gasteiger partial charge in [0.25, 0.3) is 0 Å². The van der Waals surface area contributed by atoms with Crippen molar-refractivity contribution in [2.75, 3.05) is 7.05 Å². The highest BCUT2D eigenvalue weighted by Gasteiger charge is 1.95. The lowest BCUT2D eigenvalue weighted by Crippen LogP contribution is -1.95. The summed E-state index contributed by atoms with van der Waals surface area (Å²) in [6, 6.07) is 8.53. The molecule has 0 unspecified atom stereocenters. The van der Waals surface area contributed by atoms with Gasteiger partial charge in [0.1, 0.15) is 0 Å². The molecular weight excluding hydrogens is 170 g/mol. The molecule has 14 heavy (non-hydrogen) atoms. The third-order valence-corrected chi connectivity index (χ3v) is 2.03. The molecule has 1 heteroatoms. The number of rotatable bonds is 3. The van der Waals surface area contributed by atoms with Gasteiger partial charge in [0, 0.05) is 13.2 Å². The van der Waals surface area contributed by atoms with Crippen molar-refractivity contribution in [2.24, 2.45) is 0 Å². The molecule has 0 radical (unpaired) electrons. The maximum Gasteiger partial charge on any atom is 0.00411 e. The van der Waals surface area contributed by atoms with E-state index in [0.29, 0.717) is 0 Å². The number of nitrogens with one attached hydrogen (secondary N) is 1. The van der Waals surface area contributed by atoms with Crippen LogP contribution in [0.5, 0.6) is 0 Å². The number of allylic oxidation sites excluding steroid dienone is 3. The molecule has 0 bridgehead atoms. The summed E-state index contributed by atoms with van der Waals surface area (Å²) >= 11 is 0. The molecule has 0 heterocycles. The van der Waals surface area contributed by atoms with Crippen molar-refractivity contribution in [2.45, 2.75) is 13.8 Å². The second-order valence-electron chi connectivity index (χ2n) is 3.25. The normalized spacial score (nSPS) is 12.1. The molecule has 0 amide bonds. The summed E-state index contributed by atoms with van der Waals surface area (Å²) in [7, 11) is 1.91. The van der Waals surface area contributed by atoms with Crippen LogP contribution in [0.15, 0.2) is 42.6 Å². The summed E-state index contributed by atoms with van der Waals surface area (Å²) in [5, 5.41) is 3.05. The molecule has 0 spiro atoms. The molecule has 1 N–H and O–H groups in total. The molecule has 74 valence electrons. The molecule has 1 rings (SSSR count). The average Bonchev–Trinajstić information content (AvgIpc) is 2.19. The molecular formula is C13H17N. The first-order chi connectivity index (χ1) is 6.77. The molecule has 0 saturated carbocycles. The SMILES string of the molecule is C/C=C\C(=C/NC)c1ccc(C)cc1. The summed E-state index contributed by atoms with van der Waals surface area (Å²) in [5.74, 6) is 0. The fourth-order valence-corrected chi connectivity index (χ4v) is 1.31. The molecule has 0 aliphatic rings. The molecule has 0 aromatic heterocycles. The van der Waals surface area contributed by atoms with Gasteiger partial charge in [0.15, 0.2) is 0 Å². The van der Waals surface area contributed by atoms with Crippen molar-refractivity contribution in [1.29, 1.82) is 0 Å². The topological polar surface area (TPSA) is 12.0 Å². The summed E-state index contributed by atoms with van der Waals surface area (Å²) in [4.78, 5) is 0. The summed E-state index contributed by atoms with van der Waals surface area (Å²) in [5.41, 5.74) is 3.73. The van der Waals surface area contributed by atoms with Crippen LogP contribution >= 0.6 is 0 Å². The van der Waals surface area contributed by atoms with Crippen molar-refractivity contribution < 1.29 is 0 Å². The van der Waals surface area contributed by atoms with E-state index in [4.69, 9.17) is 0 Å². The molecule has 0 aliphatic heterocycles. The Balaban J connectivity index is 3.00. The molecule has 0 fully saturated rings. The molecule has 1 aromatic rings. The van der Waals surface area contributed by atoms with Crippen molar-refractivity contribution in [3.05, 3.63) is 53.7 Å². The van der Waals surface area contributed by atoms with Gasteiger partial charge in [-0.25, -0.2) is 0 Å². The van der Waals surface area contributed by atoms with Crippen LogP contribution in [0.4, 0.5) is 0 Å². The van der Waals surface area contributed by atoms with Gasteiger partial charge in [-0.2, -0.15) is 0 Å². The second-order valence-corrected chi connectivity index (χ2v) is 3.25. The first kappa shape index (κ1) is 10.6. The van der Waals surface area contributed by atoms with Gasteiger partial charge in [-0.3, -0.25) is 0 Å². The zero-order valence-corrected chi connectivity index (χ0v) is 9.04. The number of hydrogen-bond acceptors (Lipinski definition) is 1. The predicted octanol–water partition coefficient (Wildman–Crippen LogP) is 3.13. The predicted molar refractivity (Wildman–Crippen MR) is 63.0 cm³/mol. The molecule has 1 aromatic carbocycles. The second kappa shape index (κ2) is 5.28. The number of hydrogen-bond donors (Lipinski definition) is 1.